The van der Waals surface area contributed by atoms with Crippen LogP contribution in [0, 0.1) is 0 Å². The van der Waals surface area contributed by atoms with E-state index in [0.29, 0.717) is 36.1 Å². The molecule has 1 aliphatic heterocycles. The van der Waals surface area contributed by atoms with Gasteiger partial charge >= 0.3 is 5.97 Å². The summed E-state index contributed by atoms with van der Waals surface area (Å²) in [6, 6.07) is 9.89. The monoisotopic (exact) mass is 387 g/mol. The number of hydrogen-bond acceptors (Lipinski definition) is 7. The van der Waals surface area contributed by atoms with E-state index in [2.05, 4.69) is 5.32 Å². The SMILES string of the molecule is COc1cccc(C(=O)O[C@H](C)C(=O)Nc2ccc3c(c2)OCCO3)c1OC. The van der Waals surface area contributed by atoms with E-state index in [1.165, 1.54) is 27.2 Å². The van der Waals surface area contributed by atoms with Crippen LogP contribution in [0.3, 0.4) is 0 Å². The van der Waals surface area contributed by atoms with Crippen LogP contribution in [0.4, 0.5) is 5.69 Å². The second kappa shape index (κ2) is 8.51. The quantitative estimate of drug-likeness (QED) is 0.762. The zero-order valence-electron chi connectivity index (χ0n) is 15.8. The fourth-order valence-electron chi connectivity index (χ4n) is 2.69. The first-order valence-corrected chi connectivity index (χ1v) is 8.66. The van der Waals surface area contributed by atoms with E-state index >= 15 is 0 Å². The second-order valence-electron chi connectivity index (χ2n) is 5.94. The van der Waals surface area contributed by atoms with Crippen LogP contribution in [0.2, 0.25) is 0 Å². The summed E-state index contributed by atoms with van der Waals surface area (Å²) in [5, 5.41) is 2.69. The average Bonchev–Trinajstić information content (AvgIpc) is 2.72. The Morgan fingerprint density at radius 2 is 1.79 bits per heavy atom. The molecule has 0 aliphatic carbocycles. The Morgan fingerprint density at radius 1 is 1.04 bits per heavy atom. The number of fused-ring (bicyclic) bond motifs is 1. The van der Waals surface area contributed by atoms with E-state index < -0.39 is 18.0 Å². The summed E-state index contributed by atoms with van der Waals surface area (Å²) in [5.41, 5.74) is 0.678. The number of para-hydroxylation sites is 1. The zero-order chi connectivity index (χ0) is 20.1. The summed E-state index contributed by atoms with van der Waals surface area (Å²) in [6.07, 6.45) is -1.03. The van der Waals surface area contributed by atoms with Gasteiger partial charge in [-0.3, -0.25) is 4.79 Å². The van der Waals surface area contributed by atoms with Crippen LogP contribution in [-0.2, 0) is 9.53 Å². The van der Waals surface area contributed by atoms with E-state index in [0.717, 1.165) is 0 Å². The number of anilines is 1. The predicted octanol–water partition coefficient (Wildman–Crippen LogP) is 2.66. The molecular formula is C20H21NO7. The van der Waals surface area contributed by atoms with Gasteiger partial charge in [-0.05, 0) is 31.2 Å². The van der Waals surface area contributed by atoms with Gasteiger partial charge in [-0.1, -0.05) is 6.07 Å². The molecule has 1 aliphatic rings. The molecule has 8 nitrogen and oxygen atoms in total. The number of amides is 1. The van der Waals surface area contributed by atoms with Crippen LogP contribution in [0.25, 0.3) is 0 Å². The van der Waals surface area contributed by atoms with Crippen LogP contribution in [-0.4, -0.2) is 45.4 Å². The van der Waals surface area contributed by atoms with Crippen LogP contribution < -0.4 is 24.3 Å². The lowest BCUT2D eigenvalue weighted by molar-refractivity contribution is -0.123. The summed E-state index contributed by atoms with van der Waals surface area (Å²) >= 11 is 0. The van der Waals surface area contributed by atoms with Crippen molar-refractivity contribution >= 4 is 17.6 Å². The number of nitrogens with one attached hydrogen (secondary N) is 1. The molecule has 0 spiro atoms. The van der Waals surface area contributed by atoms with Crippen molar-refractivity contribution in [3.05, 3.63) is 42.0 Å². The third-order valence-electron chi connectivity index (χ3n) is 4.09. The third kappa shape index (κ3) is 4.11. The van der Waals surface area contributed by atoms with Crippen LogP contribution in [0.5, 0.6) is 23.0 Å². The first-order chi connectivity index (χ1) is 13.5. The molecule has 148 valence electrons. The lowest BCUT2D eigenvalue weighted by Crippen LogP contribution is -2.30. The second-order valence-corrected chi connectivity index (χ2v) is 5.94. The van der Waals surface area contributed by atoms with Gasteiger partial charge in [0, 0.05) is 11.8 Å². The maximum Gasteiger partial charge on any atom is 0.342 e. The fraction of sp³-hybridized carbons (Fsp3) is 0.300. The van der Waals surface area contributed by atoms with Gasteiger partial charge in [-0.25, -0.2) is 4.79 Å². The highest BCUT2D eigenvalue weighted by molar-refractivity contribution is 5.98. The molecule has 0 saturated carbocycles. The van der Waals surface area contributed by atoms with Crippen molar-refractivity contribution in [2.45, 2.75) is 13.0 Å². The Kier molecular flexibility index (Phi) is 5.88. The molecule has 0 aromatic heterocycles. The fourth-order valence-corrected chi connectivity index (χ4v) is 2.69. The van der Waals surface area contributed by atoms with Crippen molar-refractivity contribution < 1.29 is 33.3 Å². The van der Waals surface area contributed by atoms with Gasteiger partial charge in [0.05, 0.1) is 14.2 Å². The van der Waals surface area contributed by atoms with E-state index in [4.69, 9.17) is 23.7 Å². The van der Waals surface area contributed by atoms with E-state index in [1.54, 1.807) is 30.3 Å². The van der Waals surface area contributed by atoms with Gasteiger partial charge in [0.2, 0.25) is 0 Å². The molecule has 2 aromatic carbocycles. The largest absolute Gasteiger partial charge is 0.493 e. The van der Waals surface area contributed by atoms with Crippen molar-refractivity contribution in [2.75, 3.05) is 32.8 Å². The summed E-state index contributed by atoms with van der Waals surface area (Å²) < 4.78 is 26.6. The van der Waals surface area contributed by atoms with Crippen molar-refractivity contribution in [1.82, 2.24) is 0 Å². The van der Waals surface area contributed by atoms with Gasteiger partial charge in [-0.15, -0.1) is 0 Å². The highest BCUT2D eigenvalue weighted by atomic mass is 16.6. The summed E-state index contributed by atoms with van der Waals surface area (Å²) in [4.78, 5) is 24.9. The van der Waals surface area contributed by atoms with Gasteiger partial charge in [0.1, 0.15) is 18.8 Å². The number of rotatable bonds is 6. The molecule has 0 saturated heterocycles. The van der Waals surface area contributed by atoms with Gasteiger partial charge in [0.25, 0.3) is 5.91 Å². The van der Waals surface area contributed by atoms with E-state index in [-0.39, 0.29) is 11.3 Å². The Hall–Kier alpha value is -3.42. The van der Waals surface area contributed by atoms with E-state index in [1.807, 2.05) is 0 Å². The maximum absolute atomic E-state index is 12.5. The van der Waals surface area contributed by atoms with Crippen LogP contribution >= 0.6 is 0 Å². The number of methoxy groups -OCH3 is 2. The number of carbonyl (C=O) groups excluding carboxylic acids is 2. The molecule has 0 fully saturated rings. The molecule has 2 aromatic rings. The highest BCUT2D eigenvalue weighted by Crippen LogP contribution is 2.33. The highest BCUT2D eigenvalue weighted by Gasteiger charge is 2.23. The van der Waals surface area contributed by atoms with Gasteiger partial charge in [0.15, 0.2) is 29.1 Å². The van der Waals surface area contributed by atoms with E-state index in [9.17, 15) is 9.59 Å². The van der Waals surface area contributed by atoms with Crippen molar-refractivity contribution in [2.24, 2.45) is 0 Å². The summed E-state index contributed by atoms with van der Waals surface area (Å²) in [5.74, 6) is 0.635. The number of benzene rings is 2. The Bertz CT molecular complexity index is 881. The minimum atomic E-state index is -1.03. The molecule has 0 bridgehead atoms. The molecule has 0 radical (unpaired) electrons. The molecule has 1 heterocycles. The van der Waals surface area contributed by atoms with Crippen LogP contribution in [0.1, 0.15) is 17.3 Å². The Balaban J connectivity index is 1.67. The number of ether oxygens (including phenoxy) is 5. The number of hydrogen-bond donors (Lipinski definition) is 1. The molecule has 8 heteroatoms. The normalized spacial score (nSPS) is 13.2. The molecule has 0 unspecified atom stereocenters. The Morgan fingerprint density at radius 3 is 2.50 bits per heavy atom. The molecule has 1 atom stereocenters. The predicted molar refractivity (Wildman–Crippen MR) is 100 cm³/mol. The maximum atomic E-state index is 12.5. The number of carbonyl (C=O) groups is 2. The van der Waals surface area contributed by atoms with Crippen LogP contribution in [0.15, 0.2) is 36.4 Å². The molecule has 1 amide bonds. The van der Waals surface area contributed by atoms with Crippen molar-refractivity contribution in [1.29, 1.82) is 0 Å². The summed E-state index contributed by atoms with van der Waals surface area (Å²) in [7, 11) is 2.89. The lowest BCUT2D eigenvalue weighted by Gasteiger charge is -2.19. The van der Waals surface area contributed by atoms with Gasteiger partial charge in [-0.2, -0.15) is 0 Å². The zero-order valence-corrected chi connectivity index (χ0v) is 15.8. The first-order valence-electron chi connectivity index (χ1n) is 8.66. The Labute approximate surface area is 162 Å². The van der Waals surface area contributed by atoms with Gasteiger partial charge < -0.3 is 29.0 Å². The smallest absolute Gasteiger partial charge is 0.342 e. The molecule has 1 N–H and O–H groups in total. The summed E-state index contributed by atoms with van der Waals surface area (Å²) in [6.45, 7) is 2.41. The lowest BCUT2D eigenvalue weighted by atomic mass is 10.2. The number of esters is 1. The first kappa shape index (κ1) is 19.3. The molecule has 28 heavy (non-hydrogen) atoms. The molecule has 3 rings (SSSR count). The standard InChI is InChI=1S/C20H21NO7/c1-12(28-20(23)14-5-4-6-16(24-2)18(14)25-3)19(22)21-13-7-8-15-17(11-13)27-10-9-26-15/h4-8,11-12H,9-10H2,1-3H3,(H,21,22)/t12-/m1/s1. The van der Waals surface area contributed by atoms with Crippen molar-refractivity contribution in [3.8, 4) is 23.0 Å². The third-order valence-corrected chi connectivity index (χ3v) is 4.09. The molecular weight excluding hydrogens is 366 g/mol. The minimum absolute atomic E-state index is 0.167. The topological polar surface area (TPSA) is 92.3 Å². The average molecular weight is 387 g/mol. The minimum Gasteiger partial charge on any atom is -0.493 e. The van der Waals surface area contributed by atoms with Crippen molar-refractivity contribution in [3.63, 3.8) is 0 Å².